The first-order valence-electron chi connectivity index (χ1n) is 5.68. The molecular weight excluding hydrogens is 355 g/mol. The molecule has 96 valence electrons. The summed E-state index contributed by atoms with van der Waals surface area (Å²) in [5.74, 6) is 1.24. The highest BCUT2D eigenvalue weighted by Crippen LogP contribution is 2.23. The van der Waals surface area contributed by atoms with Crippen molar-refractivity contribution in [2.75, 3.05) is 17.7 Å². The summed E-state index contributed by atoms with van der Waals surface area (Å²) in [5.41, 5.74) is 2.40. The zero-order valence-electron chi connectivity index (χ0n) is 10.1. The van der Waals surface area contributed by atoms with Gasteiger partial charge in [-0.15, -0.1) is 0 Å². The van der Waals surface area contributed by atoms with Gasteiger partial charge in [0.05, 0.1) is 6.33 Å². The van der Waals surface area contributed by atoms with E-state index in [1.54, 1.807) is 13.4 Å². The van der Waals surface area contributed by atoms with Gasteiger partial charge in [0.25, 0.3) is 0 Å². The van der Waals surface area contributed by atoms with Crippen molar-refractivity contribution >= 4 is 51.2 Å². The van der Waals surface area contributed by atoms with Crippen LogP contribution in [-0.4, -0.2) is 27.0 Å². The van der Waals surface area contributed by atoms with Gasteiger partial charge in [-0.1, -0.05) is 6.07 Å². The summed E-state index contributed by atoms with van der Waals surface area (Å²) in [6.07, 6.45) is 1.61. The molecule has 2 heterocycles. The number of benzene rings is 1. The van der Waals surface area contributed by atoms with E-state index in [1.807, 2.05) is 24.3 Å². The van der Waals surface area contributed by atoms with Gasteiger partial charge in [0.15, 0.2) is 11.5 Å². The van der Waals surface area contributed by atoms with E-state index in [0.29, 0.717) is 17.4 Å². The molecule has 0 aliphatic rings. The summed E-state index contributed by atoms with van der Waals surface area (Å²) >= 11 is 2.27. The first kappa shape index (κ1) is 12.2. The van der Waals surface area contributed by atoms with Crippen LogP contribution in [0.5, 0.6) is 0 Å². The van der Waals surface area contributed by atoms with Crippen LogP contribution < -0.4 is 10.6 Å². The molecule has 3 aromatic rings. The first-order valence-corrected chi connectivity index (χ1v) is 6.75. The average Bonchev–Trinajstić information content (AvgIpc) is 2.87. The van der Waals surface area contributed by atoms with Crippen LogP contribution in [0.4, 0.5) is 17.5 Å². The Balaban J connectivity index is 2.06. The molecule has 1 aromatic carbocycles. The lowest BCUT2D eigenvalue weighted by molar-refractivity contribution is 1.18. The zero-order valence-corrected chi connectivity index (χ0v) is 12.3. The average molecular weight is 366 g/mol. The Hall–Kier alpha value is -1.90. The third kappa shape index (κ3) is 2.46. The molecular formula is C12H11IN6. The number of halogens is 1. The van der Waals surface area contributed by atoms with Gasteiger partial charge in [-0.25, -0.2) is 4.98 Å². The highest BCUT2D eigenvalue weighted by Gasteiger charge is 2.09. The van der Waals surface area contributed by atoms with Gasteiger partial charge in [0.2, 0.25) is 5.95 Å². The number of rotatable bonds is 3. The molecule has 0 unspecified atom stereocenters. The molecule has 3 N–H and O–H groups in total. The molecule has 0 fully saturated rings. The lowest BCUT2D eigenvalue weighted by Gasteiger charge is -2.08. The van der Waals surface area contributed by atoms with Gasteiger partial charge in [0.1, 0.15) is 5.52 Å². The number of hydrogen-bond acceptors (Lipinski definition) is 5. The first-order chi connectivity index (χ1) is 9.26. The van der Waals surface area contributed by atoms with Gasteiger partial charge in [-0.3, -0.25) is 0 Å². The normalized spacial score (nSPS) is 10.6. The maximum atomic E-state index is 4.41. The van der Waals surface area contributed by atoms with Crippen LogP contribution in [0.15, 0.2) is 30.6 Å². The van der Waals surface area contributed by atoms with Crippen LogP contribution in [-0.2, 0) is 0 Å². The minimum atomic E-state index is 0.535. The lowest BCUT2D eigenvalue weighted by Crippen LogP contribution is -2.01. The third-order valence-electron chi connectivity index (χ3n) is 2.60. The molecule has 0 saturated heterocycles. The Bertz CT molecular complexity index is 723. The number of anilines is 3. The van der Waals surface area contributed by atoms with Crippen molar-refractivity contribution in [3.8, 4) is 0 Å². The molecule has 0 saturated carbocycles. The van der Waals surface area contributed by atoms with Crippen LogP contribution in [0.25, 0.3) is 11.2 Å². The molecule has 19 heavy (non-hydrogen) atoms. The molecule has 0 atom stereocenters. The van der Waals surface area contributed by atoms with Gasteiger partial charge in [-0.05, 0) is 40.8 Å². The predicted molar refractivity (Wildman–Crippen MR) is 83.7 cm³/mol. The Labute approximate surface area is 123 Å². The van der Waals surface area contributed by atoms with Crippen LogP contribution in [0.1, 0.15) is 0 Å². The van der Waals surface area contributed by atoms with E-state index in [0.717, 1.165) is 14.8 Å². The topological polar surface area (TPSA) is 78.5 Å². The van der Waals surface area contributed by atoms with Crippen molar-refractivity contribution < 1.29 is 0 Å². The summed E-state index contributed by atoms with van der Waals surface area (Å²) < 4.78 is 1.16. The van der Waals surface area contributed by atoms with E-state index in [2.05, 4.69) is 53.2 Å². The van der Waals surface area contributed by atoms with Gasteiger partial charge >= 0.3 is 0 Å². The van der Waals surface area contributed by atoms with E-state index in [9.17, 15) is 0 Å². The monoisotopic (exact) mass is 366 g/mol. The SMILES string of the molecule is CNc1nc(Nc2cccc(I)c2)c2[nH]cnc2n1. The molecule has 0 bridgehead atoms. The van der Waals surface area contributed by atoms with E-state index in [1.165, 1.54) is 0 Å². The van der Waals surface area contributed by atoms with Crippen LogP contribution in [0, 0.1) is 3.57 Å². The minimum Gasteiger partial charge on any atom is -0.357 e. The van der Waals surface area contributed by atoms with Crippen molar-refractivity contribution in [3.63, 3.8) is 0 Å². The highest BCUT2D eigenvalue weighted by atomic mass is 127. The predicted octanol–water partition coefficient (Wildman–Crippen LogP) is 2.74. The maximum Gasteiger partial charge on any atom is 0.226 e. The fourth-order valence-electron chi connectivity index (χ4n) is 1.74. The van der Waals surface area contributed by atoms with E-state index in [4.69, 9.17) is 0 Å². The molecule has 6 nitrogen and oxygen atoms in total. The summed E-state index contributed by atoms with van der Waals surface area (Å²) in [7, 11) is 1.78. The largest absolute Gasteiger partial charge is 0.357 e. The Morgan fingerprint density at radius 3 is 2.95 bits per heavy atom. The Kier molecular flexibility index (Phi) is 3.20. The fraction of sp³-hybridized carbons (Fsp3) is 0.0833. The quantitative estimate of drug-likeness (QED) is 0.622. The van der Waals surface area contributed by atoms with Crippen LogP contribution in [0.3, 0.4) is 0 Å². The highest BCUT2D eigenvalue weighted by molar-refractivity contribution is 14.1. The van der Waals surface area contributed by atoms with Crippen molar-refractivity contribution in [3.05, 3.63) is 34.2 Å². The number of hydrogen-bond donors (Lipinski definition) is 3. The second-order valence-corrected chi connectivity index (χ2v) is 5.13. The molecule has 3 rings (SSSR count). The molecule has 0 aliphatic heterocycles. The standard InChI is InChI=1S/C12H11IN6/c1-14-12-18-10-9(15-6-16-10)11(19-12)17-8-4-2-3-7(13)5-8/h2-6H,1H3,(H3,14,15,16,17,18,19). The molecule has 0 aliphatic carbocycles. The van der Waals surface area contributed by atoms with E-state index >= 15 is 0 Å². The molecule has 2 aromatic heterocycles. The number of aromatic amines is 1. The second kappa shape index (κ2) is 5.00. The summed E-state index contributed by atoms with van der Waals surface area (Å²) in [5, 5.41) is 6.21. The number of fused-ring (bicyclic) bond motifs is 1. The number of nitrogens with one attached hydrogen (secondary N) is 3. The van der Waals surface area contributed by atoms with Crippen molar-refractivity contribution in [2.45, 2.75) is 0 Å². The molecule has 0 radical (unpaired) electrons. The molecule has 0 amide bonds. The molecule has 0 spiro atoms. The Morgan fingerprint density at radius 2 is 2.16 bits per heavy atom. The van der Waals surface area contributed by atoms with E-state index < -0.39 is 0 Å². The minimum absolute atomic E-state index is 0.535. The van der Waals surface area contributed by atoms with Crippen LogP contribution >= 0.6 is 22.6 Å². The third-order valence-corrected chi connectivity index (χ3v) is 3.27. The van der Waals surface area contributed by atoms with Gasteiger partial charge in [0, 0.05) is 16.3 Å². The lowest BCUT2D eigenvalue weighted by atomic mass is 10.3. The van der Waals surface area contributed by atoms with Crippen molar-refractivity contribution in [2.24, 2.45) is 0 Å². The Morgan fingerprint density at radius 1 is 1.26 bits per heavy atom. The maximum absolute atomic E-state index is 4.41. The van der Waals surface area contributed by atoms with Crippen LogP contribution in [0.2, 0.25) is 0 Å². The second-order valence-electron chi connectivity index (χ2n) is 3.88. The van der Waals surface area contributed by atoms with Gasteiger partial charge < -0.3 is 15.6 Å². The van der Waals surface area contributed by atoms with E-state index in [-0.39, 0.29) is 0 Å². The van der Waals surface area contributed by atoms with Crippen molar-refractivity contribution in [1.82, 2.24) is 19.9 Å². The number of aromatic nitrogens is 4. The smallest absolute Gasteiger partial charge is 0.226 e. The number of H-pyrrole nitrogens is 1. The number of imidazole rings is 1. The summed E-state index contributed by atoms with van der Waals surface area (Å²) in [6, 6.07) is 8.07. The summed E-state index contributed by atoms with van der Waals surface area (Å²) in [6.45, 7) is 0. The number of nitrogens with zero attached hydrogens (tertiary/aromatic N) is 3. The zero-order chi connectivity index (χ0) is 13.2. The fourth-order valence-corrected chi connectivity index (χ4v) is 2.28. The van der Waals surface area contributed by atoms with Crippen molar-refractivity contribution in [1.29, 1.82) is 0 Å². The van der Waals surface area contributed by atoms with Gasteiger partial charge in [-0.2, -0.15) is 9.97 Å². The molecule has 7 heteroatoms. The summed E-state index contributed by atoms with van der Waals surface area (Å²) in [4.78, 5) is 15.9.